The summed E-state index contributed by atoms with van der Waals surface area (Å²) in [4.78, 5) is 3.81. The molecule has 0 amide bonds. The van der Waals surface area contributed by atoms with Crippen LogP contribution in [-0.4, -0.2) is 9.13 Å². The molecule has 8 aromatic rings. The number of aromatic nitrogens is 2. The number of hydrogen-bond acceptors (Lipinski definition) is 1. The van der Waals surface area contributed by atoms with Gasteiger partial charge in [0.25, 0.3) is 0 Å². The summed E-state index contributed by atoms with van der Waals surface area (Å²) in [6.07, 6.45) is 0. The van der Waals surface area contributed by atoms with Crippen LogP contribution >= 0.6 is 0 Å². The molecule has 0 aliphatic rings. The zero-order chi connectivity index (χ0) is 28.2. The summed E-state index contributed by atoms with van der Waals surface area (Å²) < 4.78 is 4.56. The van der Waals surface area contributed by atoms with E-state index in [1.54, 1.807) is 0 Å². The van der Waals surface area contributed by atoms with Gasteiger partial charge in [-0.15, -0.1) is 0 Å². The van der Waals surface area contributed by atoms with Crippen molar-refractivity contribution in [3.63, 3.8) is 0 Å². The Morgan fingerprint density at radius 1 is 0.500 bits per heavy atom. The van der Waals surface area contributed by atoms with E-state index in [9.17, 15) is 5.26 Å². The molecule has 4 heteroatoms. The van der Waals surface area contributed by atoms with Crippen molar-refractivity contribution in [1.29, 1.82) is 5.26 Å². The molecule has 0 spiro atoms. The van der Waals surface area contributed by atoms with Crippen molar-refractivity contribution >= 4 is 49.3 Å². The number of rotatable bonds is 3. The predicted octanol–water partition coefficient (Wildman–Crippen LogP) is 9.97. The van der Waals surface area contributed by atoms with Gasteiger partial charge in [-0.05, 0) is 60.2 Å². The number of fused-ring (bicyclic) bond motifs is 6. The van der Waals surface area contributed by atoms with E-state index < -0.39 is 0 Å². The lowest BCUT2D eigenvalue weighted by Gasteiger charge is -2.19. The van der Waals surface area contributed by atoms with Gasteiger partial charge in [-0.1, -0.05) is 78.9 Å². The summed E-state index contributed by atoms with van der Waals surface area (Å²) in [5.41, 5.74) is 9.16. The normalized spacial score (nSPS) is 11.3. The molecule has 194 valence electrons. The first-order chi connectivity index (χ1) is 20.8. The Morgan fingerprint density at radius 3 is 1.33 bits per heavy atom. The fourth-order valence-electron chi connectivity index (χ4n) is 6.38. The second-order valence-electron chi connectivity index (χ2n) is 10.4. The highest BCUT2D eigenvalue weighted by atomic mass is 15.0. The number of nitriles is 1. The van der Waals surface area contributed by atoms with Crippen LogP contribution in [0.25, 0.3) is 71.0 Å². The fraction of sp³-hybridized carbons (Fsp3) is 0. The van der Waals surface area contributed by atoms with Crippen LogP contribution in [0, 0.1) is 17.9 Å². The van der Waals surface area contributed by atoms with Gasteiger partial charge in [0, 0.05) is 27.1 Å². The van der Waals surface area contributed by atoms with Gasteiger partial charge in [0.1, 0.15) is 0 Å². The topological polar surface area (TPSA) is 38.0 Å². The first kappa shape index (κ1) is 23.8. The van der Waals surface area contributed by atoms with E-state index in [4.69, 9.17) is 6.57 Å². The molecular weight excluding hydrogens is 512 g/mol. The molecule has 0 N–H and O–H groups in total. The van der Waals surface area contributed by atoms with Crippen LogP contribution < -0.4 is 0 Å². The molecule has 2 heterocycles. The molecular formula is C38H22N4. The summed E-state index contributed by atoms with van der Waals surface area (Å²) >= 11 is 0. The van der Waals surface area contributed by atoms with E-state index in [2.05, 4.69) is 117 Å². The largest absolute Gasteiger partial charge is 0.309 e. The molecule has 6 aromatic carbocycles. The van der Waals surface area contributed by atoms with Gasteiger partial charge < -0.3 is 9.13 Å². The van der Waals surface area contributed by atoms with Crippen LogP contribution in [0.5, 0.6) is 0 Å². The van der Waals surface area contributed by atoms with Gasteiger partial charge in [0.15, 0.2) is 5.69 Å². The standard InChI is InChI=1S/C38H22N4/c1-40-26-19-21-38(42-35-16-8-4-12-29(35)30-13-5-9-17-36(30)42)32(23-26)31-22-25(24-39)18-20-37(31)41-33-14-6-2-10-27(33)28-11-3-7-15-34(28)41/h2-23H. The van der Waals surface area contributed by atoms with Gasteiger partial charge in [0.2, 0.25) is 0 Å². The third-order valence-electron chi connectivity index (χ3n) is 8.17. The zero-order valence-electron chi connectivity index (χ0n) is 22.5. The van der Waals surface area contributed by atoms with Crippen LogP contribution in [0.15, 0.2) is 133 Å². The third-order valence-corrected chi connectivity index (χ3v) is 8.17. The molecule has 0 atom stereocenters. The SMILES string of the molecule is [C-]#[N+]c1ccc(-n2c3ccccc3c3ccccc32)c(-c2cc(C#N)ccc2-n2c3ccccc3c3ccccc32)c1. The highest BCUT2D eigenvalue weighted by molar-refractivity contribution is 6.11. The van der Waals surface area contributed by atoms with Crippen LogP contribution in [0.3, 0.4) is 0 Å². The number of nitrogens with zero attached hydrogens (tertiary/aromatic N) is 4. The monoisotopic (exact) mass is 534 g/mol. The lowest BCUT2D eigenvalue weighted by atomic mass is 9.98. The van der Waals surface area contributed by atoms with Crippen molar-refractivity contribution in [3.05, 3.63) is 150 Å². The third kappa shape index (κ3) is 3.40. The van der Waals surface area contributed by atoms with E-state index in [0.29, 0.717) is 11.3 Å². The van der Waals surface area contributed by atoms with Crippen LogP contribution in [0.4, 0.5) is 5.69 Å². The summed E-state index contributed by atoms with van der Waals surface area (Å²) in [6.45, 7) is 7.86. The maximum atomic E-state index is 10.0. The second kappa shape index (κ2) is 9.24. The van der Waals surface area contributed by atoms with Crippen LogP contribution in [0.1, 0.15) is 5.56 Å². The van der Waals surface area contributed by atoms with Crippen LogP contribution in [0.2, 0.25) is 0 Å². The number of para-hydroxylation sites is 4. The minimum atomic E-state index is 0.546. The number of hydrogen-bond donors (Lipinski definition) is 0. The average molecular weight is 535 g/mol. The summed E-state index contributed by atoms with van der Waals surface area (Å²) in [5, 5.41) is 14.7. The molecule has 42 heavy (non-hydrogen) atoms. The lowest BCUT2D eigenvalue weighted by Crippen LogP contribution is -2.02. The zero-order valence-corrected chi connectivity index (χ0v) is 22.5. The van der Waals surface area contributed by atoms with Gasteiger partial charge in [0.05, 0.1) is 51.6 Å². The lowest BCUT2D eigenvalue weighted by molar-refractivity contribution is 1.16. The molecule has 0 aliphatic heterocycles. The Bertz CT molecular complexity index is 2160. The molecule has 0 saturated heterocycles. The second-order valence-corrected chi connectivity index (χ2v) is 10.4. The van der Waals surface area contributed by atoms with Crippen molar-refractivity contribution < 1.29 is 0 Å². The van der Waals surface area contributed by atoms with Crippen molar-refractivity contribution in [1.82, 2.24) is 9.13 Å². The Hall–Kier alpha value is -6.10. The highest BCUT2D eigenvalue weighted by Crippen LogP contribution is 2.42. The van der Waals surface area contributed by atoms with Gasteiger partial charge >= 0.3 is 0 Å². The smallest absolute Gasteiger partial charge is 0.188 e. The quantitative estimate of drug-likeness (QED) is 0.208. The molecule has 0 unspecified atom stereocenters. The predicted molar refractivity (Wildman–Crippen MR) is 172 cm³/mol. The van der Waals surface area contributed by atoms with E-state index >= 15 is 0 Å². The van der Waals surface area contributed by atoms with E-state index in [1.165, 1.54) is 21.5 Å². The summed E-state index contributed by atoms with van der Waals surface area (Å²) in [5.74, 6) is 0. The maximum absolute atomic E-state index is 10.0. The van der Waals surface area contributed by atoms with E-state index in [0.717, 1.165) is 44.6 Å². The molecule has 4 nitrogen and oxygen atoms in total. The Balaban J connectivity index is 1.52. The van der Waals surface area contributed by atoms with E-state index in [1.807, 2.05) is 36.4 Å². The highest BCUT2D eigenvalue weighted by Gasteiger charge is 2.20. The van der Waals surface area contributed by atoms with Crippen molar-refractivity contribution in [2.75, 3.05) is 0 Å². The van der Waals surface area contributed by atoms with Gasteiger partial charge in [-0.25, -0.2) is 4.85 Å². The minimum absolute atomic E-state index is 0.546. The van der Waals surface area contributed by atoms with Gasteiger partial charge in [-0.3, -0.25) is 0 Å². The number of benzene rings is 6. The summed E-state index contributed by atoms with van der Waals surface area (Å²) in [6, 6.07) is 47.8. The van der Waals surface area contributed by atoms with Gasteiger partial charge in [-0.2, -0.15) is 5.26 Å². The summed E-state index contributed by atoms with van der Waals surface area (Å²) in [7, 11) is 0. The minimum Gasteiger partial charge on any atom is -0.309 e. The fourth-order valence-corrected chi connectivity index (χ4v) is 6.38. The first-order valence-electron chi connectivity index (χ1n) is 13.8. The van der Waals surface area contributed by atoms with E-state index in [-0.39, 0.29) is 0 Å². The molecule has 0 radical (unpaired) electrons. The van der Waals surface area contributed by atoms with Crippen LogP contribution in [-0.2, 0) is 0 Å². The molecule has 2 aromatic heterocycles. The van der Waals surface area contributed by atoms with Crippen molar-refractivity contribution in [2.24, 2.45) is 0 Å². The first-order valence-corrected chi connectivity index (χ1v) is 13.8. The molecule has 0 aliphatic carbocycles. The molecule has 0 saturated carbocycles. The van der Waals surface area contributed by atoms with Crippen molar-refractivity contribution in [3.8, 4) is 28.6 Å². The molecule has 0 bridgehead atoms. The average Bonchev–Trinajstić information content (AvgIpc) is 3.57. The Labute approximate surface area is 242 Å². The molecule has 8 rings (SSSR count). The van der Waals surface area contributed by atoms with Crippen molar-refractivity contribution in [2.45, 2.75) is 0 Å². The maximum Gasteiger partial charge on any atom is 0.188 e. The Kier molecular flexibility index (Phi) is 5.22. The Morgan fingerprint density at radius 2 is 0.905 bits per heavy atom. The molecule has 0 fully saturated rings.